The molecule has 0 bridgehead atoms. The van der Waals surface area contributed by atoms with Crippen LogP contribution >= 0.6 is 15.9 Å². The van der Waals surface area contributed by atoms with E-state index in [1.165, 1.54) is 18.2 Å². The average molecular weight is 339 g/mol. The van der Waals surface area contributed by atoms with Gasteiger partial charge in [0.15, 0.2) is 0 Å². The minimum absolute atomic E-state index is 0.0809. The topological polar surface area (TPSA) is 32.8 Å². The number of esters is 1. The molecule has 5 heteroatoms. The van der Waals surface area contributed by atoms with Gasteiger partial charge in [-0.2, -0.15) is 0 Å². The van der Waals surface area contributed by atoms with Gasteiger partial charge in [0.05, 0.1) is 11.9 Å². The van der Waals surface area contributed by atoms with Gasteiger partial charge in [-0.15, -0.1) is 0 Å². The van der Waals surface area contributed by atoms with Crippen LogP contribution in [0.25, 0.3) is 0 Å². The van der Waals surface area contributed by atoms with Crippen molar-refractivity contribution in [3.8, 4) is 5.75 Å². The second-order valence-electron chi connectivity index (χ2n) is 6.03. The molecule has 0 spiro atoms. The number of fused-ring (bicyclic) bond motifs is 3. The van der Waals surface area contributed by atoms with E-state index in [0.717, 1.165) is 17.4 Å². The summed E-state index contributed by atoms with van der Waals surface area (Å²) in [6, 6.07) is 3.90. The maximum absolute atomic E-state index is 11.2. The van der Waals surface area contributed by atoms with E-state index in [4.69, 9.17) is 4.74 Å². The molecule has 4 nitrogen and oxygen atoms in total. The molecule has 1 aromatic carbocycles. The molecule has 2 atom stereocenters. The predicted octanol–water partition coefficient (Wildman–Crippen LogP) is 2.74. The van der Waals surface area contributed by atoms with Gasteiger partial charge in [0, 0.05) is 30.4 Å². The molecule has 0 saturated carbocycles. The summed E-state index contributed by atoms with van der Waals surface area (Å²) in [5, 5.41) is 0. The number of anilines is 1. The smallest absolute Gasteiger partial charge is 0.308 e. The van der Waals surface area contributed by atoms with Gasteiger partial charge in [-0.3, -0.25) is 9.69 Å². The van der Waals surface area contributed by atoms with Crippen LogP contribution in [0.2, 0.25) is 0 Å². The molecule has 108 valence electrons. The molecule has 2 unspecified atom stereocenters. The van der Waals surface area contributed by atoms with Crippen LogP contribution in [-0.4, -0.2) is 37.7 Å². The summed E-state index contributed by atoms with van der Waals surface area (Å²) in [6.45, 7) is 4.81. The maximum Gasteiger partial charge on any atom is 0.308 e. The number of carbonyl (C=O) groups is 1. The van der Waals surface area contributed by atoms with Crippen LogP contribution in [-0.2, 0) is 10.2 Å². The van der Waals surface area contributed by atoms with Crippen LogP contribution in [0, 0.1) is 0 Å². The second kappa shape index (κ2) is 4.46. The first kappa shape index (κ1) is 13.9. The van der Waals surface area contributed by atoms with Gasteiger partial charge in [0.2, 0.25) is 0 Å². The lowest BCUT2D eigenvalue weighted by atomic mass is 9.81. The quantitative estimate of drug-likeness (QED) is 0.582. The number of hydrogen-bond donors (Lipinski definition) is 0. The lowest BCUT2D eigenvalue weighted by Crippen LogP contribution is -2.45. The van der Waals surface area contributed by atoms with Gasteiger partial charge in [0.1, 0.15) is 5.75 Å². The monoisotopic (exact) mass is 338 g/mol. The Labute approximate surface area is 127 Å². The van der Waals surface area contributed by atoms with Gasteiger partial charge in [-0.05, 0) is 47.1 Å². The van der Waals surface area contributed by atoms with E-state index in [1.807, 2.05) is 12.1 Å². The highest BCUT2D eigenvalue weighted by atomic mass is 79.9. The maximum atomic E-state index is 11.2. The fourth-order valence-electron chi connectivity index (χ4n) is 3.86. The van der Waals surface area contributed by atoms with Crippen LogP contribution in [0.15, 0.2) is 16.6 Å². The molecule has 1 aromatic rings. The van der Waals surface area contributed by atoms with Gasteiger partial charge in [-0.1, -0.05) is 6.92 Å². The van der Waals surface area contributed by atoms with Crippen molar-refractivity contribution in [2.75, 3.05) is 25.5 Å². The Morgan fingerprint density at radius 1 is 1.45 bits per heavy atom. The number of likely N-dealkylation sites (N-methyl/N-ethyl adjacent to an activating group) is 2. The Kier molecular flexibility index (Phi) is 3.10. The van der Waals surface area contributed by atoms with E-state index < -0.39 is 0 Å². The number of rotatable bonds is 1. The first-order valence-corrected chi connectivity index (χ1v) is 7.59. The molecule has 0 aliphatic carbocycles. The molecule has 20 heavy (non-hydrogen) atoms. The van der Waals surface area contributed by atoms with Crippen LogP contribution in [0.3, 0.4) is 0 Å². The zero-order valence-electron chi connectivity index (χ0n) is 12.2. The van der Waals surface area contributed by atoms with Gasteiger partial charge < -0.3 is 9.64 Å². The van der Waals surface area contributed by atoms with E-state index in [0.29, 0.717) is 11.9 Å². The first-order chi connectivity index (χ1) is 9.34. The van der Waals surface area contributed by atoms with Gasteiger partial charge in [-0.25, -0.2) is 0 Å². The summed E-state index contributed by atoms with van der Waals surface area (Å²) in [5.74, 6) is 0.335. The number of benzene rings is 1. The minimum Gasteiger partial charge on any atom is -0.427 e. The number of likely N-dealkylation sites (tertiary alicyclic amines) is 1. The molecule has 0 N–H and O–H groups in total. The molecule has 2 aliphatic rings. The van der Waals surface area contributed by atoms with Crippen molar-refractivity contribution < 1.29 is 9.53 Å². The fraction of sp³-hybridized carbons (Fsp3) is 0.533. The molecule has 2 heterocycles. The minimum atomic E-state index is -0.284. The molecule has 0 radical (unpaired) electrons. The van der Waals surface area contributed by atoms with Crippen molar-refractivity contribution in [2.45, 2.75) is 31.8 Å². The van der Waals surface area contributed by atoms with Crippen molar-refractivity contribution in [1.29, 1.82) is 0 Å². The number of nitrogens with zero attached hydrogens (tertiary/aromatic N) is 2. The van der Waals surface area contributed by atoms with Gasteiger partial charge in [0.25, 0.3) is 0 Å². The zero-order valence-corrected chi connectivity index (χ0v) is 13.8. The van der Waals surface area contributed by atoms with E-state index >= 15 is 0 Å². The highest BCUT2D eigenvalue weighted by Crippen LogP contribution is 2.54. The summed E-state index contributed by atoms with van der Waals surface area (Å²) in [7, 11) is 4.30. The second-order valence-corrected chi connectivity index (χ2v) is 6.88. The standard InChI is InChI=1S/C15H19BrN2O2/c1-9(19)20-10-7-11-13(12(16)8-10)18(4)14-15(11,2)5-6-17(14)3/h7-8,14H,5-6H2,1-4H3. The summed E-state index contributed by atoms with van der Waals surface area (Å²) in [5.41, 5.74) is 2.55. The highest BCUT2D eigenvalue weighted by Gasteiger charge is 2.52. The molecule has 1 saturated heterocycles. The van der Waals surface area contributed by atoms with Crippen LogP contribution in [0.5, 0.6) is 5.75 Å². The third kappa shape index (κ3) is 1.79. The van der Waals surface area contributed by atoms with E-state index in [1.54, 1.807) is 0 Å². The Hall–Kier alpha value is -1.07. The van der Waals surface area contributed by atoms with Crippen molar-refractivity contribution >= 4 is 27.6 Å². The number of hydrogen-bond acceptors (Lipinski definition) is 4. The molecule has 2 aliphatic heterocycles. The van der Waals surface area contributed by atoms with Crippen LogP contribution in [0.1, 0.15) is 25.8 Å². The highest BCUT2D eigenvalue weighted by molar-refractivity contribution is 9.10. The normalized spacial score (nSPS) is 28.4. The van der Waals surface area contributed by atoms with Crippen LogP contribution in [0.4, 0.5) is 5.69 Å². The third-order valence-corrected chi connectivity index (χ3v) is 5.21. The number of ether oxygens (including phenoxy) is 1. The lowest BCUT2D eigenvalue weighted by Gasteiger charge is -2.32. The molecule has 0 aromatic heterocycles. The first-order valence-electron chi connectivity index (χ1n) is 6.80. The molecule has 3 rings (SSSR count). The largest absolute Gasteiger partial charge is 0.427 e. The Balaban J connectivity index is 2.14. The number of carbonyl (C=O) groups excluding carboxylic acids is 1. The Morgan fingerprint density at radius 3 is 2.80 bits per heavy atom. The molecule has 0 amide bonds. The van der Waals surface area contributed by atoms with Crippen molar-refractivity contribution in [3.63, 3.8) is 0 Å². The van der Waals surface area contributed by atoms with E-state index in [9.17, 15) is 4.79 Å². The predicted molar refractivity (Wildman–Crippen MR) is 82.2 cm³/mol. The zero-order chi connectivity index (χ0) is 14.7. The van der Waals surface area contributed by atoms with E-state index in [2.05, 4.69) is 46.7 Å². The average Bonchev–Trinajstić information content (AvgIpc) is 2.74. The summed E-state index contributed by atoms with van der Waals surface area (Å²) < 4.78 is 6.26. The lowest BCUT2D eigenvalue weighted by molar-refractivity contribution is -0.131. The summed E-state index contributed by atoms with van der Waals surface area (Å²) >= 11 is 3.63. The molecular formula is C15H19BrN2O2. The summed E-state index contributed by atoms with van der Waals surface area (Å²) in [4.78, 5) is 15.9. The van der Waals surface area contributed by atoms with Crippen molar-refractivity contribution in [3.05, 3.63) is 22.2 Å². The molecule has 1 fully saturated rings. The number of halogens is 1. The van der Waals surface area contributed by atoms with E-state index in [-0.39, 0.29) is 11.4 Å². The Bertz CT molecular complexity index is 589. The van der Waals surface area contributed by atoms with Crippen molar-refractivity contribution in [2.24, 2.45) is 0 Å². The third-order valence-electron chi connectivity index (χ3n) is 4.60. The SMILES string of the molecule is CC(=O)Oc1cc(Br)c2c(c1)C1(C)CCN(C)C1N2C. The Morgan fingerprint density at radius 2 is 2.15 bits per heavy atom. The fourth-order valence-corrected chi connectivity index (χ4v) is 4.58. The molecular weight excluding hydrogens is 320 g/mol. The van der Waals surface area contributed by atoms with Gasteiger partial charge >= 0.3 is 5.97 Å². The van der Waals surface area contributed by atoms with Crippen LogP contribution < -0.4 is 9.64 Å². The van der Waals surface area contributed by atoms with Crippen molar-refractivity contribution in [1.82, 2.24) is 4.90 Å². The summed E-state index contributed by atoms with van der Waals surface area (Å²) in [6.07, 6.45) is 1.47.